The minimum Gasteiger partial charge on any atom is -0.316 e. The van der Waals surface area contributed by atoms with Crippen LogP contribution in [0.4, 0.5) is 0 Å². The highest BCUT2D eigenvalue weighted by Crippen LogP contribution is 2.25. The summed E-state index contributed by atoms with van der Waals surface area (Å²) in [6.45, 7) is 6.60. The summed E-state index contributed by atoms with van der Waals surface area (Å²) < 4.78 is 0. The molecule has 0 aromatic carbocycles. The van der Waals surface area contributed by atoms with Gasteiger partial charge in [0.2, 0.25) is 0 Å². The monoisotopic (exact) mass is 256 g/mol. The molecule has 2 heterocycles. The fraction of sp³-hybridized carbons (Fsp3) is 0.667. The molecule has 1 saturated heterocycles. The van der Waals surface area contributed by atoms with Crippen molar-refractivity contribution < 1.29 is 0 Å². The highest BCUT2D eigenvalue weighted by Gasteiger charge is 2.29. The summed E-state index contributed by atoms with van der Waals surface area (Å²) in [7, 11) is 2.15. The van der Waals surface area contributed by atoms with Gasteiger partial charge in [-0.1, -0.05) is 6.92 Å². The quantitative estimate of drug-likeness (QED) is 0.883. The first kappa shape index (κ1) is 14.4. The molecule has 1 aromatic rings. The Balaban J connectivity index is 0.00000144. The topological polar surface area (TPSA) is 41.1 Å². The van der Waals surface area contributed by atoms with Gasteiger partial charge in [-0.15, -0.1) is 12.4 Å². The lowest BCUT2D eigenvalue weighted by molar-refractivity contribution is 0.201. The normalized spacial score (nSPS) is 23.7. The minimum atomic E-state index is 0. The molecule has 1 fully saturated rings. The van der Waals surface area contributed by atoms with E-state index in [1.165, 1.54) is 6.42 Å². The van der Waals surface area contributed by atoms with E-state index in [0.717, 1.165) is 31.9 Å². The molecule has 1 N–H and O–H groups in total. The van der Waals surface area contributed by atoms with E-state index in [2.05, 4.69) is 34.2 Å². The molecule has 1 aliphatic rings. The highest BCUT2D eigenvalue weighted by atomic mass is 35.5. The van der Waals surface area contributed by atoms with Gasteiger partial charge in [0.1, 0.15) is 0 Å². The molecule has 96 valence electrons. The summed E-state index contributed by atoms with van der Waals surface area (Å²) in [4.78, 5) is 10.7. The third-order valence-corrected chi connectivity index (χ3v) is 3.16. The first-order valence-corrected chi connectivity index (χ1v) is 5.82. The Bertz CT molecular complexity index is 325. The molecule has 0 saturated carbocycles. The van der Waals surface area contributed by atoms with Crippen molar-refractivity contribution in [2.24, 2.45) is 5.41 Å². The molecular weight excluding hydrogens is 236 g/mol. The number of hydrogen-bond acceptors (Lipinski definition) is 4. The van der Waals surface area contributed by atoms with E-state index >= 15 is 0 Å². The summed E-state index contributed by atoms with van der Waals surface area (Å²) in [5.74, 6) is 0. The van der Waals surface area contributed by atoms with Gasteiger partial charge < -0.3 is 5.32 Å². The van der Waals surface area contributed by atoms with E-state index < -0.39 is 0 Å². The molecule has 0 amide bonds. The van der Waals surface area contributed by atoms with Gasteiger partial charge in [-0.3, -0.25) is 14.9 Å². The molecule has 0 radical (unpaired) electrons. The van der Waals surface area contributed by atoms with Crippen molar-refractivity contribution in [3.63, 3.8) is 0 Å². The van der Waals surface area contributed by atoms with Crippen LogP contribution in [0.3, 0.4) is 0 Å². The van der Waals surface area contributed by atoms with Crippen LogP contribution in [0.15, 0.2) is 18.6 Å². The number of halogens is 1. The van der Waals surface area contributed by atoms with E-state index in [9.17, 15) is 0 Å². The number of rotatable bonds is 4. The number of aromatic nitrogens is 2. The molecule has 0 spiro atoms. The van der Waals surface area contributed by atoms with E-state index in [0.29, 0.717) is 5.41 Å². The zero-order valence-electron chi connectivity index (χ0n) is 10.5. The van der Waals surface area contributed by atoms with Crippen molar-refractivity contribution in [2.45, 2.75) is 19.9 Å². The standard InChI is InChI=1S/C12H20N4.ClH/c1-12(3-4-14-9-12)10-16(2)8-11-7-13-5-6-15-11;/h5-7,14H,3-4,8-10H2,1-2H3;1H. The maximum Gasteiger partial charge on any atom is 0.0726 e. The van der Waals surface area contributed by atoms with Crippen LogP contribution in [0.5, 0.6) is 0 Å². The number of hydrogen-bond donors (Lipinski definition) is 1. The van der Waals surface area contributed by atoms with Crippen LogP contribution in [0.2, 0.25) is 0 Å². The Morgan fingerprint density at radius 3 is 2.88 bits per heavy atom. The number of nitrogens with one attached hydrogen (secondary N) is 1. The summed E-state index contributed by atoms with van der Waals surface area (Å²) in [5.41, 5.74) is 1.45. The SMILES string of the molecule is CN(Cc1cnccn1)CC1(C)CCNC1.Cl. The van der Waals surface area contributed by atoms with Crippen molar-refractivity contribution in [2.75, 3.05) is 26.7 Å². The van der Waals surface area contributed by atoms with Crippen molar-refractivity contribution >= 4 is 12.4 Å². The largest absolute Gasteiger partial charge is 0.316 e. The second kappa shape index (κ2) is 6.28. The smallest absolute Gasteiger partial charge is 0.0726 e. The Morgan fingerprint density at radius 1 is 1.47 bits per heavy atom. The molecular formula is C12H21ClN4. The second-order valence-corrected chi connectivity index (χ2v) is 5.11. The van der Waals surface area contributed by atoms with Crippen molar-refractivity contribution in [3.05, 3.63) is 24.3 Å². The van der Waals surface area contributed by atoms with E-state index in [4.69, 9.17) is 0 Å². The Hall–Kier alpha value is -0.710. The van der Waals surface area contributed by atoms with E-state index in [1.807, 2.05) is 6.20 Å². The van der Waals surface area contributed by atoms with Crippen molar-refractivity contribution in [1.82, 2.24) is 20.2 Å². The molecule has 1 unspecified atom stereocenters. The maximum atomic E-state index is 4.30. The van der Waals surface area contributed by atoms with Crippen LogP contribution < -0.4 is 5.32 Å². The van der Waals surface area contributed by atoms with Gasteiger partial charge in [0.25, 0.3) is 0 Å². The molecule has 4 nitrogen and oxygen atoms in total. The van der Waals surface area contributed by atoms with E-state index in [-0.39, 0.29) is 12.4 Å². The Morgan fingerprint density at radius 2 is 2.29 bits per heavy atom. The van der Waals surface area contributed by atoms with Crippen LogP contribution in [-0.2, 0) is 6.54 Å². The van der Waals surface area contributed by atoms with Crippen LogP contribution in [-0.4, -0.2) is 41.5 Å². The zero-order valence-corrected chi connectivity index (χ0v) is 11.3. The summed E-state index contributed by atoms with van der Waals surface area (Å²) in [6, 6.07) is 0. The van der Waals surface area contributed by atoms with E-state index in [1.54, 1.807) is 12.4 Å². The fourth-order valence-electron chi connectivity index (χ4n) is 2.40. The molecule has 0 bridgehead atoms. The minimum absolute atomic E-state index is 0. The average Bonchev–Trinajstić information content (AvgIpc) is 2.66. The third-order valence-electron chi connectivity index (χ3n) is 3.16. The zero-order chi connectivity index (χ0) is 11.4. The van der Waals surface area contributed by atoms with Gasteiger partial charge >= 0.3 is 0 Å². The first-order valence-electron chi connectivity index (χ1n) is 5.82. The summed E-state index contributed by atoms with van der Waals surface area (Å²) in [6.07, 6.45) is 6.57. The summed E-state index contributed by atoms with van der Waals surface area (Å²) >= 11 is 0. The predicted octanol–water partition coefficient (Wildman–Crippen LogP) is 1.33. The Labute approximate surface area is 109 Å². The van der Waals surface area contributed by atoms with Gasteiger partial charge in [-0.2, -0.15) is 0 Å². The van der Waals surface area contributed by atoms with Gasteiger partial charge in [0.15, 0.2) is 0 Å². The number of nitrogens with zero attached hydrogens (tertiary/aromatic N) is 3. The fourth-order valence-corrected chi connectivity index (χ4v) is 2.40. The average molecular weight is 257 g/mol. The lowest BCUT2D eigenvalue weighted by atomic mass is 9.89. The van der Waals surface area contributed by atoms with Gasteiger partial charge in [0, 0.05) is 38.2 Å². The highest BCUT2D eigenvalue weighted by molar-refractivity contribution is 5.85. The Kier molecular flexibility index (Phi) is 5.31. The second-order valence-electron chi connectivity index (χ2n) is 5.11. The molecule has 1 atom stereocenters. The lowest BCUT2D eigenvalue weighted by Crippen LogP contribution is -2.34. The van der Waals surface area contributed by atoms with Crippen LogP contribution in [0, 0.1) is 5.41 Å². The lowest BCUT2D eigenvalue weighted by Gasteiger charge is -2.28. The molecule has 1 aromatic heterocycles. The molecule has 17 heavy (non-hydrogen) atoms. The molecule has 1 aliphatic heterocycles. The third kappa shape index (κ3) is 4.22. The molecule has 0 aliphatic carbocycles. The van der Waals surface area contributed by atoms with Crippen LogP contribution in [0.25, 0.3) is 0 Å². The van der Waals surface area contributed by atoms with Crippen molar-refractivity contribution in [3.8, 4) is 0 Å². The molecule has 5 heteroatoms. The summed E-state index contributed by atoms with van der Waals surface area (Å²) in [5, 5.41) is 3.43. The first-order chi connectivity index (χ1) is 7.68. The van der Waals surface area contributed by atoms with Crippen molar-refractivity contribution in [1.29, 1.82) is 0 Å². The molecule has 2 rings (SSSR count). The maximum absolute atomic E-state index is 4.30. The van der Waals surface area contributed by atoms with Crippen LogP contribution in [0.1, 0.15) is 19.0 Å². The van der Waals surface area contributed by atoms with Crippen LogP contribution >= 0.6 is 12.4 Å². The van der Waals surface area contributed by atoms with Gasteiger partial charge in [0.05, 0.1) is 5.69 Å². The predicted molar refractivity (Wildman–Crippen MR) is 71.2 cm³/mol. The van der Waals surface area contributed by atoms with Gasteiger partial charge in [-0.05, 0) is 25.4 Å². The van der Waals surface area contributed by atoms with Gasteiger partial charge in [-0.25, -0.2) is 0 Å².